The Bertz CT molecular complexity index is 673. The summed E-state index contributed by atoms with van der Waals surface area (Å²) in [5.41, 5.74) is 1.06. The van der Waals surface area contributed by atoms with Crippen LogP contribution in [0, 0.1) is 5.82 Å². The number of benzene rings is 2. The van der Waals surface area contributed by atoms with Crippen molar-refractivity contribution in [3.05, 3.63) is 59.4 Å². The van der Waals surface area contributed by atoms with E-state index in [0.717, 1.165) is 5.56 Å². The number of amides is 1. The van der Waals surface area contributed by atoms with E-state index in [4.69, 9.17) is 9.47 Å². The fourth-order valence-electron chi connectivity index (χ4n) is 2.17. The summed E-state index contributed by atoms with van der Waals surface area (Å²) in [7, 11) is 3.13. The molecule has 0 radical (unpaired) electrons. The molecule has 0 bridgehead atoms. The first-order valence-electron chi connectivity index (χ1n) is 6.83. The molecule has 1 N–H and O–H groups in total. The van der Waals surface area contributed by atoms with E-state index in [1.54, 1.807) is 38.5 Å². The first-order valence-corrected chi connectivity index (χ1v) is 6.83. The van der Waals surface area contributed by atoms with Gasteiger partial charge in [0.2, 0.25) is 0 Å². The van der Waals surface area contributed by atoms with E-state index in [2.05, 4.69) is 5.32 Å². The Balaban J connectivity index is 2.21. The Morgan fingerprint density at radius 1 is 1.14 bits per heavy atom. The average molecular weight is 303 g/mol. The summed E-state index contributed by atoms with van der Waals surface area (Å²) < 4.78 is 23.7. The predicted octanol–water partition coefficient (Wildman–Crippen LogP) is 3.33. The number of halogens is 1. The number of carbonyl (C=O) groups excluding carboxylic acids is 1. The summed E-state index contributed by atoms with van der Waals surface area (Å²) in [5, 5.41) is 2.82. The van der Waals surface area contributed by atoms with Gasteiger partial charge in [0.25, 0.3) is 5.91 Å². The van der Waals surface area contributed by atoms with E-state index < -0.39 is 5.82 Å². The van der Waals surface area contributed by atoms with Gasteiger partial charge in [-0.05, 0) is 43.3 Å². The highest BCUT2D eigenvalue weighted by molar-refractivity contribution is 5.94. The highest BCUT2D eigenvalue weighted by Gasteiger charge is 2.16. The zero-order valence-corrected chi connectivity index (χ0v) is 12.7. The van der Waals surface area contributed by atoms with Crippen LogP contribution in [0.3, 0.4) is 0 Å². The minimum absolute atomic E-state index is 0.272. The fourth-order valence-corrected chi connectivity index (χ4v) is 2.17. The Labute approximate surface area is 128 Å². The van der Waals surface area contributed by atoms with Crippen LogP contribution in [0.15, 0.2) is 42.5 Å². The Morgan fingerprint density at radius 3 is 2.55 bits per heavy atom. The second-order valence-corrected chi connectivity index (χ2v) is 4.81. The second-order valence-electron chi connectivity index (χ2n) is 4.81. The van der Waals surface area contributed by atoms with E-state index >= 15 is 0 Å². The maximum atomic E-state index is 13.2. The smallest absolute Gasteiger partial charge is 0.251 e. The highest BCUT2D eigenvalue weighted by atomic mass is 19.1. The minimum Gasteiger partial charge on any atom is -0.497 e. The van der Waals surface area contributed by atoms with Gasteiger partial charge in [0.15, 0.2) is 0 Å². The van der Waals surface area contributed by atoms with Crippen LogP contribution in [0.2, 0.25) is 0 Å². The van der Waals surface area contributed by atoms with Gasteiger partial charge in [0.05, 0.1) is 20.3 Å². The van der Waals surface area contributed by atoms with Crippen molar-refractivity contribution in [3.8, 4) is 11.5 Å². The van der Waals surface area contributed by atoms with E-state index in [1.165, 1.54) is 18.2 Å². The molecule has 1 atom stereocenters. The Morgan fingerprint density at radius 2 is 1.91 bits per heavy atom. The molecule has 2 aromatic rings. The van der Waals surface area contributed by atoms with Crippen LogP contribution < -0.4 is 14.8 Å². The molecule has 0 aliphatic carbocycles. The summed E-state index contributed by atoms with van der Waals surface area (Å²) >= 11 is 0. The molecule has 0 heterocycles. The van der Waals surface area contributed by atoms with E-state index in [9.17, 15) is 9.18 Å². The van der Waals surface area contributed by atoms with Gasteiger partial charge in [-0.3, -0.25) is 4.79 Å². The monoisotopic (exact) mass is 303 g/mol. The van der Waals surface area contributed by atoms with Crippen molar-refractivity contribution in [2.45, 2.75) is 13.0 Å². The first kappa shape index (κ1) is 15.8. The molecule has 1 amide bonds. The van der Waals surface area contributed by atoms with Crippen LogP contribution in [-0.4, -0.2) is 20.1 Å². The predicted molar refractivity (Wildman–Crippen MR) is 81.8 cm³/mol. The van der Waals surface area contributed by atoms with Gasteiger partial charge in [-0.2, -0.15) is 0 Å². The number of rotatable bonds is 5. The molecule has 0 fully saturated rings. The molecule has 2 aromatic carbocycles. The van der Waals surface area contributed by atoms with Crippen molar-refractivity contribution in [1.82, 2.24) is 5.32 Å². The third-order valence-electron chi connectivity index (χ3n) is 3.34. The molecule has 5 heteroatoms. The molecule has 4 nitrogen and oxygen atoms in total. The molecule has 0 aliphatic rings. The van der Waals surface area contributed by atoms with Crippen molar-refractivity contribution in [2.24, 2.45) is 0 Å². The number of nitrogens with one attached hydrogen (secondary N) is 1. The van der Waals surface area contributed by atoms with Crippen LogP contribution in [0.1, 0.15) is 28.9 Å². The van der Waals surface area contributed by atoms with Crippen molar-refractivity contribution in [3.63, 3.8) is 0 Å². The van der Waals surface area contributed by atoms with Gasteiger partial charge in [-0.15, -0.1) is 0 Å². The van der Waals surface area contributed by atoms with Crippen molar-refractivity contribution < 1.29 is 18.7 Å². The van der Waals surface area contributed by atoms with Gasteiger partial charge < -0.3 is 14.8 Å². The number of hydrogen-bond donors (Lipinski definition) is 1. The maximum Gasteiger partial charge on any atom is 0.251 e. The van der Waals surface area contributed by atoms with Gasteiger partial charge in [-0.25, -0.2) is 4.39 Å². The largest absolute Gasteiger partial charge is 0.497 e. The van der Waals surface area contributed by atoms with E-state index in [-0.39, 0.29) is 17.5 Å². The van der Waals surface area contributed by atoms with Crippen LogP contribution in [0.25, 0.3) is 0 Å². The molecule has 1 unspecified atom stereocenters. The van der Waals surface area contributed by atoms with Crippen LogP contribution in [-0.2, 0) is 0 Å². The molecular weight excluding hydrogens is 285 g/mol. The molecule has 0 saturated heterocycles. The highest BCUT2D eigenvalue weighted by Crippen LogP contribution is 2.29. The van der Waals surface area contributed by atoms with Gasteiger partial charge in [0, 0.05) is 11.1 Å². The molecule has 0 saturated carbocycles. The molecule has 2 rings (SSSR count). The van der Waals surface area contributed by atoms with Crippen molar-refractivity contribution in [2.75, 3.05) is 14.2 Å². The topological polar surface area (TPSA) is 47.6 Å². The van der Waals surface area contributed by atoms with Crippen molar-refractivity contribution >= 4 is 5.91 Å². The third kappa shape index (κ3) is 3.55. The molecule has 0 aliphatic heterocycles. The SMILES string of the molecule is COc1ccc(OC)c(C(C)NC(=O)c2cccc(F)c2)c1. The number of ether oxygens (including phenoxy) is 2. The quantitative estimate of drug-likeness (QED) is 0.921. The molecule has 116 valence electrons. The summed E-state index contributed by atoms with van der Waals surface area (Å²) in [6, 6.07) is 10.6. The van der Waals surface area contributed by atoms with Gasteiger partial charge in [-0.1, -0.05) is 6.07 Å². The van der Waals surface area contributed by atoms with Gasteiger partial charge in [0.1, 0.15) is 17.3 Å². The molecule has 22 heavy (non-hydrogen) atoms. The normalized spacial score (nSPS) is 11.6. The fraction of sp³-hybridized carbons (Fsp3) is 0.235. The minimum atomic E-state index is -0.445. The van der Waals surface area contributed by atoms with E-state index in [0.29, 0.717) is 11.5 Å². The summed E-state index contributed by atoms with van der Waals surface area (Å²) in [4.78, 5) is 12.2. The van der Waals surface area contributed by atoms with Crippen LogP contribution >= 0.6 is 0 Å². The number of hydrogen-bond acceptors (Lipinski definition) is 3. The lowest BCUT2D eigenvalue weighted by Gasteiger charge is -2.18. The maximum absolute atomic E-state index is 13.2. The summed E-state index contributed by atoms with van der Waals surface area (Å²) in [6.45, 7) is 1.83. The number of methoxy groups -OCH3 is 2. The van der Waals surface area contributed by atoms with Crippen LogP contribution in [0.5, 0.6) is 11.5 Å². The molecular formula is C17H18FNO3. The standard InChI is InChI=1S/C17H18FNO3/c1-11(15-10-14(21-2)7-8-16(15)22-3)19-17(20)12-5-4-6-13(18)9-12/h4-11H,1-3H3,(H,19,20). The van der Waals surface area contributed by atoms with Crippen molar-refractivity contribution in [1.29, 1.82) is 0 Å². The Hall–Kier alpha value is -2.56. The zero-order valence-electron chi connectivity index (χ0n) is 12.7. The molecule has 0 spiro atoms. The molecule has 0 aromatic heterocycles. The number of carbonyl (C=O) groups is 1. The second kappa shape index (κ2) is 6.93. The van der Waals surface area contributed by atoms with E-state index in [1.807, 2.05) is 6.92 Å². The third-order valence-corrected chi connectivity index (χ3v) is 3.34. The summed E-state index contributed by atoms with van der Waals surface area (Å²) in [6.07, 6.45) is 0. The van der Waals surface area contributed by atoms with Gasteiger partial charge >= 0.3 is 0 Å². The zero-order chi connectivity index (χ0) is 16.1. The summed E-state index contributed by atoms with van der Waals surface area (Å²) in [5.74, 6) is 0.520. The lowest BCUT2D eigenvalue weighted by Crippen LogP contribution is -2.27. The first-order chi connectivity index (χ1) is 10.5. The van der Waals surface area contributed by atoms with Crippen LogP contribution in [0.4, 0.5) is 4.39 Å². The lowest BCUT2D eigenvalue weighted by atomic mass is 10.1. The average Bonchev–Trinajstić information content (AvgIpc) is 2.54. The lowest BCUT2D eigenvalue weighted by molar-refractivity contribution is 0.0939. The Kier molecular flexibility index (Phi) is 4.99.